The number of Topliss-reactive ketones (excluding diaryl/α,β-unsaturated/α-hetero) is 1. The molecule has 0 aliphatic heterocycles. The van der Waals surface area contributed by atoms with Crippen molar-refractivity contribution in [2.24, 2.45) is 0 Å². The van der Waals surface area contributed by atoms with Gasteiger partial charge in [0.05, 0.1) is 0 Å². The first kappa shape index (κ1) is 24.3. The number of hydrogen-bond donors (Lipinski definition) is 3. The molecule has 3 N–H and O–H groups in total. The third-order valence-corrected chi connectivity index (χ3v) is 2.88. The standard InChI is InChI=1S/C15H27N3O4.C2H6/c1-3-16-13(20)6-4-10-17-14(21)7-5-11-18-15(22)9-8-12(2)19;1-2/h3-11H2,1-2H3,(H,16,20)(H,17,21)(H,18,22);1-2H3. The van der Waals surface area contributed by atoms with Gasteiger partial charge in [-0.25, -0.2) is 0 Å². The Balaban J connectivity index is 0. The van der Waals surface area contributed by atoms with Crippen LogP contribution >= 0.6 is 0 Å². The predicted octanol–water partition coefficient (Wildman–Crippen LogP) is 1.31. The van der Waals surface area contributed by atoms with E-state index in [1.165, 1.54) is 6.92 Å². The molecule has 3 amide bonds. The maximum atomic E-state index is 11.5. The molecule has 0 aromatic heterocycles. The van der Waals surface area contributed by atoms with Crippen LogP contribution in [0.4, 0.5) is 0 Å². The SMILES string of the molecule is CC.CCNC(=O)CCCNC(=O)CCCNC(=O)CCC(C)=O. The summed E-state index contributed by atoms with van der Waals surface area (Å²) >= 11 is 0. The Morgan fingerprint density at radius 3 is 1.50 bits per heavy atom. The van der Waals surface area contributed by atoms with Crippen molar-refractivity contribution in [3.05, 3.63) is 0 Å². The van der Waals surface area contributed by atoms with E-state index in [-0.39, 0.29) is 36.3 Å². The van der Waals surface area contributed by atoms with Crippen molar-refractivity contribution in [2.45, 2.75) is 66.2 Å². The molecule has 7 nitrogen and oxygen atoms in total. The fourth-order valence-electron chi connectivity index (χ4n) is 1.71. The third-order valence-electron chi connectivity index (χ3n) is 2.88. The van der Waals surface area contributed by atoms with Gasteiger partial charge in [0.25, 0.3) is 0 Å². The quantitative estimate of drug-likeness (QED) is 0.465. The van der Waals surface area contributed by atoms with Gasteiger partial charge in [-0.3, -0.25) is 14.4 Å². The first-order valence-corrected chi connectivity index (χ1v) is 8.75. The zero-order valence-corrected chi connectivity index (χ0v) is 15.5. The Bertz CT molecular complexity index is 384. The van der Waals surface area contributed by atoms with Gasteiger partial charge < -0.3 is 20.7 Å². The number of nitrogens with one attached hydrogen (secondary N) is 3. The van der Waals surface area contributed by atoms with Gasteiger partial charge in [0.15, 0.2) is 0 Å². The van der Waals surface area contributed by atoms with E-state index in [1.54, 1.807) is 0 Å². The molecule has 0 fully saturated rings. The van der Waals surface area contributed by atoms with Gasteiger partial charge in [0.2, 0.25) is 17.7 Å². The highest BCUT2D eigenvalue weighted by Crippen LogP contribution is 1.93. The molecule has 0 atom stereocenters. The Morgan fingerprint density at radius 1 is 0.667 bits per heavy atom. The number of amides is 3. The number of carbonyl (C=O) groups is 4. The second kappa shape index (κ2) is 17.4. The van der Waals surface area contributed by atoms with Crippen molar-refractivity contribution in [1.29, 1.82) is 0 Å². The van der Waals surface area contributed by atoms with Crippen LogP contribution in [0, 0.1) is 0 Å². The van der Waals surface area contributed by atoms with Crippen LogP contribution in [0.2, 0.25) is 0 Å². The Labute approximate surface area is 145 Å². The Hall–Kier alpha value is -1.92. The first-order valence-electron chi connectivity index (χ1n) is 8.75. The van der Waals surface area contributed by atoms with E-state index < -0.39 is 0 Å². The van der Waals surface area contributed by atoms with Crippen molar-refractivity contribution in [3.63, 3.8) is 0 Å². The highest BCUT2D eigenvalue weighted by atomic mass is 16.2. The molecule has 0 aliphatic rings. The summed E-state index contributed by atoms with van der Waals surface area (Å²) in [5.41, 5.74) is 0. The molecule has 7 heteroatoms. The van der Waals surface area contributed by atoms with Gasteiger partial charge >= 0.3 is 0 Å². The van der Waals surface area contributed by atoms with Crippen LogP contribution in [0.5, 0.6) is 0 Å². The topological polar surface area (TPSA) is 104 Å². The minimum absolute atomic E-state index is 0.00924. The van der Waals surface area contributed by atoms with E-state index in [1.807, 2.05) is 20.8 Å². The van der Waals surface area contributed by atoms with Crippen LogP contribution in [0.1, 0.15) is 66.2 Å². The van der Waals surface area contributed by atoms with Crippen molar-refractivity contribution < 1.29 is 19.2 Å². The van der Waals surface area contributed by atoms with Gasteiger partial charge in [0, 0.05) is 45.3 Å². The molecule has 140 valence electrons. The lowest BCUT2D eigenvalue weighted by molar-refractivity contribution is -0.125. The average molecular weight is 343 g/mol. The monoisotopic (exact) mass is 343 g/mol. The Kier molecular flexibility index (Phi) is 17.7. The van der Waals surface area contributed by atoms with E-state index in [9.17, 15) is 19.2 Å². The van der Waals surface area contributed by atoms with E-state index in [0.29, 0.717) is 45.3 Å². The van der Waals surface area contributed by atoms with Gasteiger partial charge in [-0.2, -0.15) is 0 Å². The molecule has 0 saturated heterocycles. The summed E-state index contributed by atoms with van der Waals surface area (Å²) in [7, 11) is 0. The van der Waals surface area contributed by atoms with Gasteiger partial charge in [-0.1, -0.05) is 13.8 Å². The van der Waals surface area contributed by atoms with Crippen LogP contribution in [0.3, 0.4) is 0 Å². The van der Waals surface area contributed by atoms with E-state index in [4.69, 9.17) is 0 Å². The van der Waals surface area contributed by atoms with Crippen molar-refractivity contribution in [3.8, 4) is 0 Å². The molecule has 0 radical (unpaired) electrons. The zero-order chi connectivity index (χ0) is 18.8. The summed E-state index contributed by atoms with van der Waals surface area (Å²) in [5, 5.41) is 8.09. The molecule has 0 unspecified atom stereocenters. The fraction of sp³-hybridized carbons (Fsp3) is 0.765. The molecule has 24 heavy (non-hydrogen) atoms. The predicted molar refractivity (Wildman–Crippen MR) is 94.4 cm³/mol. The number of hydrogen-bond acceptors (Lipinski definition) is 4. The summed E-state index contributed by atoms with van der Waals surface area (Å²) in [6.45, 7) is 8.81. The molecule has 0 bridgehead atoms. The van der Waals surface area contributed by atoms with E-state index >= 15 is 0 Å². The molecule has 0 aliphatic carbocycles. The maximum absolute atomic E-state index is 11.5. The van der Waals surface area contributed by atoms with Crippen LogP contribution in [0.25, 0.3) is 0 Å². The molecular formula is C17H33N3O4. The van der Waals surface area contributed by atoms with E-state index in [0.717, 1.165) is 0 Å². The van der Waals surface area contributed by atoms with Crippen LogP contribution in [-0.2, 0) is 19.2 Å². The van der Waals surface area contributed by atoms with Gasteiger partial charge in [-0.05, 0) is 26.7 Å². The molecule has 0 spiro atoms. The van der Waals surface area contributed by atoms with Crippen LogP contribution in [-0.4, -0.2) is 43.1 Å². The lowest BCUT2D eigenvalue weighted by atomic mass is 10.2. The second-order valence-corrected chi connectivity index (χ2v) is 5.06. The number of rotatable bonds is 12. The first-order chi connectivity index (χ1) is 11.5. The number of ketones is 1. The van der Waals surface area contributed by atoms with Gasteiger partial charge in [-0.15, -0.1) is 0 Å². The zero-order valence-electron chi connectivity index (χ0n) is 15.5. The highest BCUT2D eigenvalue weighted by molar-refractivity contribution is 5.83. The van der Waals surface area contributed by atoms with Crippen molar-refractivity contribution in [2.75, 3.05) is 19.6 Å². The molecule has 0 rings (SSSR count). The summed E-state index contributed by atoms with van der Waals surface area (Å²) in [5.74, 6) is -0.279. The lowest BCUT2D eigenvalue weighted by Gasteiger charge is -2.06. The minimum Gasteiger partial charge on any atom is -0.356 e. The molecular weight excluding hydrogens is 310 g/mol. The molecule has 0 heterocycles. The lowest BCUT2D eigenvalue weighted by Crippen LogP contribution is -2.29. The number of carbonyl (C=O) groups excluding carboxylic acids is 4. The largest absolute Gasteiger partial charge is 0.356 e. The maximum Gasteiger partial charge on any atom is 0.220 e. The molecule has 0 aromatic rings. The Morgan fingerprint density at radius 2 is 1.08 bits per heavy atom. The van der Waals surface area contributed by atoms with Gasteiger partial charge in [0.1, 0.15) is 5.78 Å². The van der Waals surface area contributed by atoms with E-state index in [2.05, 4.69) is 16.0 Å². The summed E-state index contributed by atoms with van der Waals surface area (Å²) in [6, 6.07) is 0. The van der Waals surface area contributed by atoms with Crippen LogP contribution in [0.15, 0.2) is 0 Å². The highest BCUT2D eigenvalue weighted by Gasteiger charge is 2.05. The fourth-order valence-corrected chi connectivity index (χ4v) is 1.71. The molecule has 0 aromatic carbocycles. The minimum atomic E-state index is -0.169. The van der Waals surface area contributed by atoms with Crippen LogP contribution < -0.4 is 16.0 Å². The second-order valence-electron chi connectivity index (χ2n) is 5.06. The third kappa shape index (κ3) is 18.1. The molecule has 0 saturated carbocycles. The smallest absolute Gasteiger partial charge is 0.220 e. The average Bonchev–Trinajstić information content (AvgIpc) is 2.56. The summed E-state index contributed by atoms with van der Waals surface area (Å²) < 4.78 is 0. The van der Waals surface area contributed by atoms with Crippen molar-refractivity contribution >= 4 is 23.5 Å². The summed E-state index contributed by atoms with van der Waals surface area (Å²) in [4.78, 5) is 44.7. The van der Waals surface area contributed by atoms with Crippen molar-refractivity contribution in [1.82, 2.24) is 16.0 Å². The normalized spacial score (nSPS) is 9.33. The summed E-state index contributed by atoms with van der Waals surface area (Å²) in [6.07, 6.45) is 2.33.